The Labute approximate surface area is 166 Å². The van der Waals surface area contributed by atoms with E-state index in [1.54, 1.807) is 5.38 Å². The van der Waals surface area contributed by atoms with Gasteiger partial charge in [-0.3, -0.25) is 9.36 Å². The first-order valence-corrected chi connectivity index (χ1v) is 11.4. The second-order valence-electron chi connectivity index (χ2n) is 7.01. The first-order valence-electron chi connectivity index (χ1n) is 8.86. The van der Waals surface area contributed by atoms with Crippen LogP contribution in [0.4, 0.5) is 0 Å². The predicted octanol–water partition coefficient (Wildman–Crippen LogP) is 5.39. The summed E-state index contributed by atoms with van der Waals surface area (Å²) in [6, 6.07) is 19.2. The molecule has 0 radical (unpaired) electrons. The van der Waals surface area contributed by atoms with E-state index in [1.807, 2.05) is 67.6 Å². The molecule has 1 unspecified atom stereocenters. The molecule has 2 N–H and O–H groups in total. The number of fused-ring (bicyclic) bond motifs is 2. The summed E-state index contributed by atoms with van der Waals surface area (Å²) in [5.74, 6) is -0.468. The zero-order valence-electron chi connectivity index (χ0n) is 15.2. The highest BCUT2D eigenvalue weighted by Crippen LogP contribution is 2.55. The van der Waals surface area contributed by atoms with E-state index in [1.165, 1.54) is 11.3 Å². The summed E-state index contributed by atoms with van der Waals surface area (Å²) in [5.41, 5.74) is 0.703. The van der Waals surface area contributed by atoms with Crippen molar-refractivity contribution >= 4 is 45.6 Å². The molecular formula is C22H19O4PS. The number of rotatable bonds is 5. The molecule has 0 aliphatic heterocycles. The van der Waals surface area contributed by atoms with Crippen LogP contribution in [0.1, 0.15) is 22.3 Å². The molecule has 28 heavy (non-hydrogen) atoms. The van der Waals surface area contributed by atoms with Crippen LogP contribution in [0.3, 0.4) is 0 Å². The molecule has 1 atom stereocenters. The van der Waals surface area contributed by atoms with Gasteiger partial charge in [0.05, 0.1) is 0 Å². The molecule has 1 heterocycles. The van der Waals surface area contributed by atoms with Crippen LogP contribution < -0.4 is 0 Å². The van der Waals surface area contributed by atoms with Crippen molar-refractivity contribution in [2.45, 2.75) is 19.0 Å². The van der Waals surface area contributed by atoms with Gasteiger partial charge in [0, 0.05) is 11.1 Å². The first kappa shape index (κ1) is 19.0. The van der Waals surface area contributed by atoms with E-state index in [2.05, 4.69) is 0 Å². The normalized spacial score (nSPS) is 13.1. The Morgan fingerprint density at radius 2 is 1.79 bits per heavy atom. The number of hydrogen-bond acceptors (Lipinski definition) is 3. The van der Waals surface area contributed by atoms with Crippen LogP contribution >= 0.6 is 18.9 Å². The van der Waals surface area contributed by atoms with Crippen molar-refractivity contribution in [2.24, 2.45) is 0 Å². The topological polar surface area (TPSA) is 74.6 Å². The molecule has 4 rings (SSSR count). The lowest BCUT2D eigenvalue weighted by Crippen LogP contribution is -2.15. The zero-order chi connectivity index (χ0) is 19.9. The van der Waals surface area contributed by atoms with Crippen LogP contribution in [-0.2, 0) is 15.8 Å². The molecule has 0 saturated carbocycles. The molecule has 1 aromatic heterocycles. The number of benzene rings is 3. The van der Waals surface area contributed by atoms with Crippen LogP contribution in [0.5, 0.6) is 0 Å². The summed E-state index contributed by atoms with van der Waals surface area (Å²) >= 11 is 1.40. The lowest BCUT2D eigenvalue weighted by molar-refractivity contribution is -0.118. The zero-order valence-corrected chi connectivity index (χ0v) is 16.9. The summed E-state index contributed by atoms with van der Waals surface area (Å²) < 4.78 is 13.2. The Balaban J connectivity index is 1.73. The third kappa shape index (κ3) is 3.67. The molecule has 4 aromatic rings. The van der Waals surface area contributed by atoms with Crippen molar-refractivity contribution in [3.8, 4) is 0 Å². The van der Waals surface area contributed by atoms with Crippen molar-refractivity contribution in [1.82, 2.24) is 0 Å². The molecule has 0 fully saturated rings. The monoisotopic (exact) mass is 410 g/mol. The van der Waals surface area contributed by atoms with Crippen molar-refractivity contribution in [2.75, 3.05) is 0 Å². The van der Waals surface area contributed by atoms with E-state index in [0.717, 1.165) is 32.0 Å². The Morgan fingerprint density at radius 3 is 2.54 bits per heavy atom. The standard InChI is InChI=1S/C22H19O4PS/c1-14-6-9-21-18(10-14)19(13-28-21)22(27(24,25)26)20(23)12-15-7-8-16-4-2-3-5-17(16)11-15/h2-11,13,22H,12H2,1H3,(H2,24,25,26). The SMILES string of the molecule is Cc1ccc2scc(C(C(=O)Cc3ccc4ccccc4c3)P(=O)(O)O)c2c1. The van der Waals surface area contributed by atoms with Gasteiger partial charge >= 0.3 is 7.60 Å². The van der Waals surface area contributed by atoms with Crippen LogP contribution in [-0.4, -0.2) is 15.6 Å². The Bertz CT molecular complexity index is 1240. The van der Waals surface area contributed by atoms with Gasteiger partial charge in [-0.2, -0.15) is 0 Å². The van der Waals surface area contributed by atoms with Crippen LogP contribution in [0.15, 0.2) is 66.0 Å². The molecule has 0 bridgehead atoms. The minimum atomic E-state index is -4.67. The van der Waals surface area contributed by atoms with E-state index in [-0.39, 0.29) is 6.42 Å². The molecule has 4 nitrogen and oxygen atoms in total. The Morgan fingerprint density at radius 1 is 1.04 bits per heavy atom. The van der Waals surface area contributed by atoms with Gasteiger partial charge in [-0.1, -0.05) is 60.2 Å². The third-order valence-corrected chi connectivity index (χ3v) is 7.11. The molecule has 0 spiro atoms. The first-order chi connectivity index (χ1) is 13.3. The molecular weight excluding hydrogens is 391 g/mol. The number of Topliss-reactive ketones (excluding diaryl/α,β-unsaturated/α-hetero) is 1. The molecule has 0 aliphatic carbocycles. The molecule has 0 aliphatic rings. The van der Waals surface area contributed by atoms with E-state index < -0.39 is 19.0 Å². The van der Waals surface area contributed by atoms with Crippen LogP contribution in [0.25, 0.3) is 20.9 Å². The fraction of sp³-hybridized carbons (Fsp3) is 0.136. The maximum Gasteiger partial charge on any atom is 0.340 e. The summed E-state index contributed by atoms with van der Waals surface area (Å²) in [7, 11) is -4.67. The van der Waals surface area contributed by atoms with Crippen molar-refractivity contribution in [3.63, 3.8) is 0 Å². The molecule has 3 aromatic carbocycles. The average Bonchev–Trinajstić information content (AvgIpc) is 3.03. The fourth-order valence-corrected chi connectivity index (χ4v) is 5.67. The molecule has 0 saturated heterocycles. The van der Waals surface area contributed by atoms with Gasteiger partial charge in [0.15, 0.2) is 5.78 Å². The van der Waals surface area contributed by atoms with Gasteiger partial charge in [0.1, 0.15) is 5.66 Å². The summed E-state index contributed by atoms with van der Waals surface area (Å²) in [6.45, 7) is 1.92. The van der Waals surface area contributed by atoms with Crippen molar-refractivity contribution in [1.29, 1.82) is 0 Å². The van der Waals surface area contributed by atoms with Crippen molar-refractivity contribution < 1.29 is 19.1 Å². The number of aryl methyl sites for hydroxylation is 1. The van der Waals surface area contributed by atoms with E-state index in [4.69, 9.17) is 0 Å². The fourth-order valence-electron chi connectivity index (χ4n) is 3.56. The minimum absolute atomic E-state index is 0.0240. The summed E-state index contributed by atoms with van der Waals surface area (Å²) in [4.78, 5) is 33.0. The second kappa shape index (κ2) is 7.26. The maximum absolute atomic E-state index is 13.0. The third-order valence-electron chi connectivity index (χ3n) is 4.89. The summed E-state index contributed by atoms with van der Waals surface area (Å²) in [5, 5.41) is 4.50. The number of ketones is 1. The quantitative estimate of drug-likeness (QED) is 0.433. The van der Waals surface area contributed by atoms with Gasteiger partial charge in [0.25, 0.3) is 0 Å². The van der Waals surface area contributed by atoms with Gasteiger partial charge in [-0.25, -0.2) is 0 Å². The van der Waals surface area contributed by atoms with Gasteiger partial charge in [-0.15, -0.1) is 11.3 Å². The van der Waals surface area contributed by atoms with E-state index >= 15 is 0 Å². The maximum atomic E-state index is 13.0. The predicted molar refractivity (Wildman–Crippen MR) is 114 cm³/mol. The Hall–Kier alpha value is -2.30. The van der Waals surface area contributed by atoms with Gasteiger partial charge in [-0.05, 0) is 45.7 Å². The van der Waals surface area contributed by atoms with Crippen LogP contribution in [0, 0.1) is 6.92 Å². The average molecular weight is 410 g/mol. The smallest absolute Gasteiger partial charge is 0.324 e. The second-order valence-corrected chi connectivity index (χ2v) is 9.61. The number of hydrogen-bond donors (Lipinski definition) is 2. The van der Waals surface area contributed by atoms with E-state index in [9.17, 15) is 19.1 Å². The van der Waals surface area contributed by atoms with Crippen molar-refractivity contribution in [3.05, 3.63) is 82.7 Å². The molecule has 142 valence electrons. The summed E-state index contributed by atoms with van der Waals surface area (Å²) in [6.07, 6.45) is -0.0240. The highest BCUT2D eigenvalue weighted by atomic mass is 32.1. The van der Waals surface area contributed by atoms with Gasteiger partial charge in [0.2, 0.25) is 0 Å². The number of carbonyl (C=O) groups excluding carboxylic acids is 1. The Kier molecular flexibility index (Phi) is 4.94. The lowest BCUT2D eigenvalue weighted by Gasteiger charge is -2.17. The minimum Gasteiger partial charge on any atom is -0.324 e. The van der Waals surface area contributed by atoms with Crippen LogP contribution in [0.2, 0.25) is 0 Å². The largest absolute Gasteiger partial charge is 0.340 e. The molecule has 6 heteroatoms. The number of thiophene rings is 1. The highest BCUT2D eigenvalue weighted by molar-refractivity contribution is 7.53. The van der Waals surface area contributed by atoms with E-state index in [0.29, 0.717) is 5.56 Å². The molecule has 0 amide bonds. The van der Waals surface area contributed by atoms with Gasteiger partial charge < -0.3 is 9.79 Å². The number of carbonyl (C=O) groups is 1. The highest BCUT2D eigenvalue weighted by Gasteiger charge is 2.38. The lowest BCUT2D eigenvalue weighted by atomic mass is 9.99.